The summed E-state index contributed by atoms with van der Waals surface area (Å²) in [5.74, 6) is -6.20. The fraction of sp³-hybridized carbons (Fsp3) is 0.250. The molecule has 31 heavy (non-hydrogen) atoms. The molecule has 0 saturated heterocycles. The summed E-state index contributed by atoms with van der Waals surface area (Å²) in [6, 6.07) is 5.84. The molecule has 0 aliphatic carbocycles. The second-order valence-electron chi connectivity index (χ2n) is 6.17. The average molecular weight is 452 g/mol. The van der Waals surface area contributed by atoms with Crippen LogP contribution in [0, 0.1) is 11.6 Å². The van der Waals surface area contributed by atoms with Crippen molar-refractivity contribution in [1.29, 1.82) is 0 Å². The van der Waals surface area contributed by atoms with Crippen molar-refractivity contribution in [1.82, 2.24) is 0 Å². The van der Waals surface area contributed by atoms with Crippen LogP contribution in [0.5, 0.6) is 11.5 Å². The van der Waals surface area contributed by atoms with E-state index < -0.39 is 66.4 Å². The van der Waals surface area contributed by atoms with Crippen LogP contribution >= 0.6 is 0 Å². The molecule has 0 radical (unpaired) electrons. The molecule has 0 fully saturated rings. The third kappa shape index (κ3) is 7.19. The minimum absolute atomic E-state index is 0.363. The van der Waals surface area contributed by atoms with Gasteiger partial charge in [-0.1, -0.05) is 12.1 Å². The van der Waals surface area contributed by atoms with E-state index in [0.717, 1.165) is 18.2 Å². The lowest BCUT2D eigenvalue weighted by atomic mass is 10.1. The molecule has 0 aliphatic rings. The molecular formula is C20H15F7O4. The van der Waals surface area contributed by atoms with Gasteiger partial charge in [-0.3, -0.25) is 0 Å². The SMILES string of the molecule is O=C(O)/C=C/c1ccc(OC(F)(F)c2ccc(OCCCC(F)(F)F)c(F)c2F)cc1. The summed E-state index contributed by atoms with van der Waals surface area (Å²) in [7, 11) is 0. The summed E-state index contributed by atoms with van der Waals surface area (Å²) in [4.78, 5) is 10.4. The van der Waals surface area contributed by atoms with Crippen LogP contribution < -0.4 is 9.47 Å². The van der Waals surface area contributed by atoms with Crippen LogP contribution in [-0.4, -0.2) is 23.9 Å². The number of ether oxygens (including phenoxy) is 2. The van der Waals surface area contributed by atoms with Crippen molar-refractivity contribution in [3.05, 3.63) is 65.2 Å². The first kappa shape index (κ1) is 24.0. The molecule has 4 nitrogen and oxygen atoms in total. The zero-order chi connectivity index (χ0) is 23.2. The molecule has 168 valence electrons. The average Bonchev–Trinajstić information content (AvgIpc) is 2.66. The molecule has 0 spiro atoms. The Labute approximate surface area is 171 Å². The van der Waals surface area contributed by atoms with Gasteiger partial charge in [0.15, 0.2) is 11.6 Å². The van der Waals surface area contributed by atoms with Crippen LogP contribution in [0.4, 0.5) is 30.7 Å². The Morgan fingerprint density at radius 3 is 2.19 bits per heavy atom. The van der Waals surface area contributed by atoms with E-state index in [1.807, 2.05) is 0 Å². The van der Waals surface area contributed by atoms with Crippen molar-refractivity contribution >= 4 is 12.0 Å². The molecule has 0 heterocycles. The molecule has 0 bridgehead atoms. The van der Waals surface area contributed by atoms with Gasteiger partial charge in [-0.25, -0.2) is 9.18 Å². The normalized spacial score (nSPS) is 12.2. The second kappa shape index (κ2) is 9.71. The van der Waals surface area contributed by atoms with Gasteiger partial charge >= 0.3 is 18.3 Å². The van der Waals surface area contributed by atoms with E-state index in [-0.39, 0.29) is 0 Å². The van der Waals surface area contributed by atoms with Crippen LogP contribution in [-0.2, 0) is 10.9 Å². The zero-order valence-corrected chi connectivity index (χ0v) is 15.6. The summed E-state index contributed by atoms with van der Waals surface area (Å²) in [6.07, 6.45) is -8.43. The van der Waals surface area contributed by atoms with Crippen LogP contribution in [0.25, 0.3) is 6.08 Å². The van der Waals surface area contributed by atoms with Gasteiger partial charge in [0.1, 0.15) is 11.3 Å². The quantitative estimate of drug-likeness (QED) is 0.292. The molecule has 2 aromatic rings. The minimum atomic E-state index is -4.44. The van der Waals surface area contributed by atoms with Crippen molar-refractivity contribution < 1.29 is 50.1 Å². The predicted octanol–water partition coefficient (Wildman–Crippen LogP) is 5.91. The van der Waals surface area contributed by atoms with E-state index in [2.05, 4.69) is 4.74 Å². The standard InChI is InChI=1S/C20H15F7O4/c21-17-14(7-8-15(18(17)22)30-11-1-10-19(23,24)25)20(26,27)31-13-5-2-12(3-6-13)4-9-16(28)29/h2-9H,1,10-11H2,(H,28,29)/b9-4+. The Morgan fingerprint density at radius 2 is 1.61 bits per heavy atom. The third-order valence-electron chi connectivity index (χ3n) is 3.77. The first-order valence-electron chi connectivity index (χ1n) is 8.65. The number of halogens is 7. The van der Waals surface area contributed by atoms with Crippen molar-refractivity contribution in [2.45, 2.75) is 25.1 Å². The Bertz CT molecular complexity index is 938. The van der Waals surface area contributed by atoms with E-state index in [4.69, 9.17) is 9.84 Å². The maximum absolute atomic E-state index is 14.3. The maximum atomic E-state index is 14.3. The molecule has 2 rings (SSSR count). The van der Waals surface area contributed by atoms with E-state index in [1.165, 1.54) is 18.2 Å². The van der Waals surface area contributed by atoms with Gasteiger partial charge in [-0.2, -0.15) is 26.3 Å². The van der Waals surface area contributed by atoms with Crippen molar-refractivity contribution in [3.63, 3.8) is 0 Å². The number of carboxylic acids is 1. The van der Waals surface area contributed by atoms with Gasteiger partial charge in [0.25, 0.3) is 0 Å². The highest BCUT2D eigenvalue weighted by Gasteiger charge is 2.39. The number of carboxylic acid groups (broad SMARTS) is 1. The fourth-order valence-corrected chi connectivity index (χ4v) is 2.34. The molecule has 0 amide bonds. The van der Waals surface area contributed by atoms with Crippen LogP contribution in [0.1, 0.15) is 24.0 Å². The first-order chi connectivity index (χ1) is 14.4. The molecule has 0 unspecified atom stereocenters. The number of rotatable bonds is 9. The van der Waals surface area contributed by atoms with Crippen LogP contribution in [0.2, 0.25) is 0 Å². The number of alkyl halides is 5. The molecule has 0 aliphatic heterocycles. The molecule has 0 aromatic heterocycles. The number of benzene rings is 2. The topological polar surface area (TPSA) is 55.8 Å². The van der Waals surface area contributed by atoms with Gasteiger partial charge < -0.3 is 14.6 Å². The summed E-state index contributed by atoms with van der Waals surface area (Å²) in [6.45, 7) is -0.592. The molecule has 0 saturated carbocycles. The number of carbonyl (C=O) groups is 1. The lowest BCUT2D eigenvalue weighted by molar-refractivity contribution is -0.187. The Morgan fingerprint density at radius 1 is 0.968 bits per heavy atom. The van der Waals surface area contributed by atoms with Crippen molar-refractivity contribution in [3.8, 4) is 11.5 Å². The second-order valence-corrected chi connectivity index (χ2v) is 6.17. The highest BCUT2D eigenvalue weighted by Crippen LogP contribution is 2.36. The van der Waals surface area contributed by atoms with E-state index >= 15 is 0 Å². The summed E-state index contributed by atoms with van der Waals surface area (Å²) < 4.78 is 102. The first-order valence-corrected chi connectivity index (χ1v) is 8.65. The van der Waals surface area contributed by atoms with E-state index in [0.29, 0.717) is 17.7 Å². The van der Waals surface area contributed by atoms with Gasteiger partial charge in [0, 0.05) is 12.5 Å². The highest BCUT2D eigenvalue weighted by molar-refractivity contribution is 5.85. The summed E-state index contributed by atoms with van der Waals surface area (Å²) in [5.41, 5.74) is -1.08. The van der Waals surface area contributed by atoms with Gasteiger partial charge in [0.05, 0.1) is 6.61 Å². The molecule has 11 heteroatoms. The number of hydrogen-bond donors (Lipinski definition) is 1. The molecular weight excluding hydrogens is 437 g/mol. The Hall–Kier alpha value is -3.24. The number of aliphatic carboxylic acids is 1. The molecule has 0 atom stereocenters. The van der Waals surface area contributed by atoms with E-state index in [1.54, 1.807) is 0 Å². The lowest BCUT2D eigenvalue weighted by Crippen LogP contribution is -2.24. The molecule has 1 N–H and O–H groups in total. The smallest absolute Gasteiger partial charge is 0.429 e. The summed E-state index contributed by atoms with van der Waals surface area (Å²) in [5, 5.41) is 8.54. The van der Waals surface area contributed by atoms with Crippen molar-refractivity contribution in [2.24, 2.45) is 0 Å². The summed E-state index contributed by atoms with van der Waals surface area (Å²) >= 11 is 0. The van der Waals surface area contributed by atoms with Gasteiger partial charge in [0.2, 0.25) is 5.82 Å². The monoisotopic (exact) mass is 452 g/mol. The minimum Gasteiger partial charge on any atom is -0.490 e. The zero-order valence-electron chi connectivity index (χ0n) is 15.6. The largest absolute Gasteiger partial charge is 0.490 e. The van der Waals surface area contributed by atoms with E-state index in [9.17, 15) is 35.5 Å². The van der Waals surface area contributed by atoms with Gasteiger partial charge in [-0.05, 0) is 42.3 Å². The highest BCUT2D eigenvalue weighted by atomic mass is 19.4. The number of hydrogen-bond acceptors (Lipinski definition) is 3. The van der Waals surface area contributed by atoms with Gasteiger partial charge in [-0.15, -0.1) is 0 Å². The maximum Gasteiger partial charge on any atom is 0.429 e. The lowest BCUT2D eigenvalue weighted by Gasteiger charge is -2.20. The molecule has 2 aromatic carbocycles. The Balaban J connectivity index is 2.10. The Kier molecular flexibility index (Phi) is 7.53. The predicted molar refractivity (Wildman–Crippen MR) is 94.8 cm³/mol. The third-order valence-corrected chi connectivity index (χ3v) is 3.77. The fourth-order valence-electron chi connectivity index (χ4n) is 2.34. The van der Waals surface area contributed by atoms with Crippen LogP contribution in [0.15, 0.2) is 42.5 Å². The van der Waals surface area contributed by atoms with Crippen LogP contribution in [0.3, 0.4) is 0 Å². The van der Waals surface area contributed by atoms with Crippen molar-refractivity contribution in [2.75, 3.05) is 6.61 Å².